The number of aromatic nitrogens is 2. The van der Waals surface area contributed by atoms with Gasteiger partial charge in [0.1, 0.15) is 0 Å². The molecule has 19 heavy (non-hydrogen) atoms. The van der Waals surface area contributed by atoms with Crippen LogP contribution in [0.4, 0.5) is 5.82 Å². The molecule has 106 valence electrons. The van der Waals surface area contributed by atoms with Gasteiger partial charge in [0, 0.05) is 13.7 Å². The average molecular weight is 270 g/mol. The molecule has 0 spiro atoms. The van der Waals surface area contributed by atoms with Crippen LogP contribution in [0, 0.1) is 23.0 Å². The first-order chi connectivity index (χ1) is 8.95. The molecule has 1 atom stereocenters. The quantitative estimate of drug-likeness (QED) is 0.442. The van der Waals surface area contributed by atoms with E-state index in [0.29, 0.717) is 25.4 Å². The third-order valence-corrected chi connectivity index (χ3v) is 2.66. The van der Waals surface area contributed by atoms with Crippen molar-refractivity contribution < 1.29 is 14.5 Å². The normalized spacial score (nSPS) is 12.2. The van der Waals surface area contributed by atoms with E-state index in [2.05, 4.69) is 10.4 Å². The Balaban J connectivity index is 2.58. The van der Waals surface area contributed by atoms with Crippen LogP contribution >= 0.6 is 0 Å². The Kier molecular flexibility index (Phi) is 5.43. The summed E-state index contributed by atoms with van der Waals surface area (Å²) in [5, 5.41) is 17.2. The van der Waals surface area contributed by atoms with Gasteiger partial charge in [-0.05, 0) is 11.8 Å². The molecule has 0 saturated carbocycles. The number of nitrogens with one attached hydrogen (secondary N) is 1. The third kappa shape index (κ3) is 4.32. The summed E-state index contributed by atoms with van der Waals surface area (Å²) in [5.41, 5.74) is 0.656. The predicted octanol–water partition coefficient (Wildman–Crippen LogP) is 0.498. The van der Waals surface area contributed by atoms with Gasteiger partial charge in [-0.25, -0.2) is 0 Å². The number of hydrogen-bond acceptors (Lipinski definition) is 5. The molecule has 0 aliphatic carbocycles. The van der Waals surface area contributed by atoms with E-state index in [1.54, 1.807) is 21.0 Å². The first-order valence-corrected chi connectivity index (χ1v) is 5.91. The second kappa shape index (κ2) is 6.83. The van der Waals surface area contributed by atoms with Gasteiger partial charge in [0.2, 0.25) is 5.91 Å². The molecule has 1 amide bonds. The fourth-order valence-electron chi connectivity index (χ4n) is 1.56. The van der Waals surface area contributed by atoms with Crippen molar-refractivity contribution in [1.82, 2.24) is 15.1 Å². The first kappa shape index (κ1) is 15.1. The number of ether oxygens (including phenoxy) is 1. The molecule has 8 nitrogen and oxygen atoms in total. The average Bonchev–Trinajstić information content (AvgIpc) is 2.71. The molecule has 1 rings (SSSR count). The second-order valence-corrected chi connectivity index (χ2v) is 4.27. The van der Waals surface area contributed by atoms with Crippen molar-refractivity contribution in [3.05, 3.63) is 21.9 Å². The number of aryl methyl sites for hydroxylation is 1. The van der Waals surface area contributed by atoms with Crippen LogP contribution in [-0.2, 0) is 16.1 Å². The van der Waals surface area contributed by atoms with Crippen LogP contribution in [0.5, 0.6) is 0 Å². The van der Waals surface area contributed by atoms with Gasteiger partial charge < -0.3 is 20.2 Å². The number of nitrogens with zero attached hydrogens (tertiary/aromatic N) is 3. The zero-order chi connectivity index (χ0) is 14.4. The maximum Gasteiger partial charge on any atom is 0.390 e. The Bertz CT molecular complexity index is 458. The lowest BCUT2D eigenvalue weighted by Gasteiger charge is -2.11. The number of hydrogen-bond donors (Lipinski definition) is 1. The summed E-state index contributed by atoms with van der Waals surface area (Å²) < 4.78 is 6.30. The van der Waals surface area contributed by atoms with Crippen LogP contribution in [0.25, 0.3) is 0 Å². The molecule has 1 aromatic rings. The molecule has 0 radical (unpaired) electrons. The first-order valence-electron chi connectivity index (χ1n) is 5.91. The summed E-state index contributed by atoms with van der Waals surface area (Å²) in [6.45, 7) is 4.66. The van der Waals surface area contributed by atoms with Crippen LogP contribution in [0.1, 0.15) is 12.6 Å². The molecule has 1 N–H and O–H groups in total. The molecular weight excluding hydrogens is 252 g/mol. The minimum absolute atomic E-state index is 0.130. The third-order valence-electron chi connectivity index (χ3n) is 2.66. The molecule has 1 heterocycles. The lowest BCUT2D eigenvalue weighted by atomic mass is 10.1. The van der Waals surface area contributed by atoms with Crippen molar-refractivity contribution in [2.24, 2.45) is 5.92 Å². The molecule has 0 aliphatic rings. The van der Waals surface area contributed by atoms with Crippen molar-refractivity contribution in [2.75, 3.05) is 20.3 Å². The minimum Gasteiger partial charge on any atom is -0.383 e. The zero-order valence-corrected chi connectivity index (χ0v) is 11.3. The second-order valence-electron chi connectivity index (χ2n) is 4.27. The van der Waals surface area contributed by atoms with Gasteiger partial charge in [0.15, 0.2) is 0 Å². The topological polar surface area (TPSA) is 99.3 Å². The van der Waals surface area contributed by atoms with Crippen LogP contribution < -0.4 is 5.32 Å². The van der Waals surface area contributed by atoms with Gasteiger partial charge in [0.25, 0.3) is 0 Å². The van der Waals surface area contributed by atoms with Crippen LogP contribution in [0.2, 0.25) is 0 Å². The van der Waals surface area contributed by atoms with E-state index in [9.17, 15) is 14.9 Å². The molecule has 0 fully saturated rings. The maximum absolute atomic E-state index is 11.7. The Hall–Kier alpha value is -1.96. The number of methoxy groups -OCH3 is 1. The standard InChI is InChI=1S/C11H18N4O4/c1-8(11(16)12-4-5-19-3)7-14-9(2)6-10(13-14)15(17)18/h6,8H,4-5,7H2,1-3H3,(H,12,16). The van der Waals surface area contributed by atoms with E-state index in [-0.39, 0.29) is 17.6 Å². The molecule has 0 aliphatic heterocycles. The lowest BCUT2D eigenvalue weighted by Crippen LogP contribution is -2.34. The van der Waals surface area contributed by atoms with E-state index < -0.39 is 4.92 Å². The van der Waals surface area contributed by atoms with Crippen LogP contribution in [0.3, 0.4) is 0 Å². The molecule has 1 aromatic heterocycles. The number of carbonyl (C=O) groups excluding carboxylic acids is 1. The lowest BCUT2D eigenvalue weighted by molar-refractivity contribution is -0.389. The Morgan fingerprint density at radius 1 is 1.68 bits per heavy atom. The number of amides is 1. The predicted molar refractivity (Wildman–Crippen MR) is 67.7 cm³/mol. The van der Waals surface area contributed by atoms with E-state index in [4.69, 9.17) is 4.74 Å². The highest BCUT2D eigenvalue weighted by Crippen LogP contribution is 2.12. The van der Waals surface area contributed by atoms with Gasteiger partial charge in [-0.1, -0.05) is 6.92 Å². The Labute approximate surface area is 110 Å². The molecule has 0 aromatic carbocycles. The van der Waals surface area contributed by atoms with Gasteiger partial charge in [0.05, 0.1) is 35.9 Å². The van der Waals surface area contributed by atoms with E-state index >= 15 is 0 Å². The molecule has 8 heteroatoms. The highest BCUT2D eigenvalue weighted by molar-refractivity contribution is 5.78. The van der Waals surface area contributed by atoms with Crippen molar-refractivity contribution in [1.29, 1.82) is 0 Å². The summed E-state index contributed by atoms with van der Waals surface area (Å²) in [5.74, 6) is -0.658. The van der Waals surface area contributed by atoms with Crippen molar-refractivity contribution in [3.63, 3.8) is 0 Å². The summed E-state index contributed by atoms with van der Waals surface area (Å²) in [4.78, 5) is 21.8. The molecular formula is C11H18N4O4. The number of nitro groups is 1. The Morgan fingerprint density at radius 3 is 2.89 bits per heavy atom. The Morgan fingerprint density at radius 2 is 2.37 bits per heavy atom. The minimum atomic E-state index is -0.549. The van der Waals surface area contributed by atoms with E-state index in [0.717, 1.165) is 0 Å². The smallest absolute Gasteiger partial charge is 0.383 e. The summed E-state index contributed by atoms with van der Waals surface area (Å²) in [6.07, 6.45) is 0. The summed E-state index contributed by atoms with van der Waals surface area (Å²) in [6, 6.07) is 1.38. The highest BCUT2D eigenvalue weighted by atomic mass is 16.6. The summed E-state index contributed by atoms with van der Waals surface area (Å²) >= 11 is 0. The number of rotatable bonds is 7. The van der Waals surface area contributed by atoms with Crippen LogP contribution in [0.15, 0.2) is 6.07 Å². The van der Waals surface area contributed by atoms with Crippen molar-refractivity contribution in [2.45, 2.75) is 20.4 Å². The largest absolute Gasteiger partial charge is 0.390 e. The summed E-state index contributed by atoms with van der Waals surface area (Å²) in [7, 11) is 1.56. The van der Waals surface area contributed by atoms with Crippen molar-refractivity contribution in [3.8, 4) is 0 Å². The molecule has 0 saturated heterocycles. The van der Waals surface area contributed by atoms with Gasteiger partial charge in [-0.3, -0.25) is 4.79 Å². The molecule has 1 unspecified atom stereocenters. The highest BCUT2D eigenvalue weighted by Gasteiger charge is 2.20. The fourth-order valence-corrected chi connectivity index (χ4v) is 1.56. The molecule has 0 bridgehead atoms. The SMILES string of the molecule is COCCNC(=O)C(C)Cn1nc([N+](=O)[O-])cc1C. The van der Waals surface area contributed by atoms with Gasteiger partial charge >= 0.3 is 5.82 Å². The van der Waals surface area contributed by atoms with Gasteiger partial charge in [-0.2, -0.15) is 4.68 Å². The maximum atomic E-state index is 11.7. The fraction of sp³-hybridized carbons (Fsp3) is 0.636. The van der Waals surface area contributed by atoms with E-state index in [1.165, 1.54) is 10.7 Å². The van der Waals surface area contributed by atoms with Crippen LogP contribution in [-0.4, -0.2) is 40.9 Å². The van der Waals surface area contributed by atoms with Gasteiger partial charge in [-0.15, -0.1) is 0 Å². The zero-order valence-electron chi connectivity index (χ0n) is 11.3. The number of carbonyl (C=O) groups is 1. The monoisotopic (exact) mass is 270 g/mol. The van der Waals surface area contributed by atoms with E-state index in [1.807, 2.05) is 0 Å². The van der Waals surface area contributed by atoms with Crippen molar-refractivity contribution >= 4 is 11.7 Å².